The third-order valence-electron chi connectivity index (χ3n) is 2.59. The van der Waals surface area contributed by atoms with E-state index in [2.05, 4.69) is 43.6 Å². The predicted molar refractivity (Wildman–Crippen MR) is 78.8 cm³/mol. The Morgan fingerprint density at radius 2 is 2.00 bits per heavy atom. The smallest absolute Gasteiger partial charge is 0.134 e. The minimum Gasteiger partial charge on any atom is -0.460 e. The van der Waals surface area contributed by atoms with Crippen LogP contribution in [-0.2, 0) is 6.54 Å². The number of likely N-dealkylation sites (N-methyl/N-ethyl adjacent to an activating group) is 1. The Balaban J connectivity index is 0.000000771. The van der Waals surface area contributed by atoms with Crippen molar-refractivity contribution in [2.45, 2.75) is 27.3 Å². The van der Waals surface area contributed by atoms with E-state index in [1.165, 1.54) is 10.9 Å². The third-order valence-corrected chi connectivity index (χ3v) is 2.59. The molecule has 0 aliphatic rings. The third kappa shape index (κ3) is 3.74. The molecule has 1 aromatic heterocycles. The van der Waals surface area contributed by atoms with Crippen molar-refractivity contribution in [3.63, 3.8) is 0 Å². The highest BCUT2D eigenvalue weighted by atomic mass is 16.3. The summed E-state index contributed by atoms with van der Waals surface area (Å²) in [6.45, 7) is 11.5. The lowest BCUT2D eigenvalue weighted by molar-refractivity contribution is 0.328. The van der Waals surface area contributed by atoms with E-state index in [0.717, 1.165) is 24.4 Å². The van der Waals surface area contributed by atoms with E-state index in [9.17, 15) is 0 Å². The van der Waals surface area contributed by atoms with Crippen molar-refractivity contribution in [3.8, 4) is 0 Å². The van der Waals surface area contributed by atoms with Crippen LogP contribution in [0.5, 0.6) is 0 Å². The summed E-state index contributed by atoms with van der Waals surface area (Å²) in [7, 11) is 2.06. The highest BCUT2D eigenvalue weighted by molar-refractivity contribution is 5.78. The van der Waals surface area contributed by atoms with Crippen LogP contribution < -0.4 is 0 Å². The summed E-state index contributed by atoms with van der Waals surface area (Å²) in [5.41, 5.74) is 2.23. The minimum absolute atomic E-state index is 0.819. The molecule has 0 N–H and O–H groups in total. The molecule has 0 aliphatic heterocycles. The molecule has 1 aromatic carbocycles. The van der Waals surface area contributed by atoms with Gasteiger partial charge in [-0.1, -0.05) is 31.6 Å². The second kappa shape index (κ2) is 7.02. The second-order valence-electron chi connectivity index (χ2n) is 4.24. The molecule has 0 spiro atoms. The Morgan fingerprint density at radius 3 is 2.67 bits per heavy atom. The molecule has 2 aromatic rings. The Labute approximate surface area is 110 Å². The first-order chi connectivity index (χ1) is 8.69. The first-order valence-corrected chi connectivity index (χ1v) is 6.47. The molecular weight excluding hydrogens is 222 g/mol. The maximum Gasteiger partial charge on any atom is 0.134 e. The van der Waals surface area contributed by atoms with Crippen LogP contribution in [0.2, 0.25) is 0 Å². The van der Waals surface area contributed by atoms with Gasteiger partial charge in [0.1, 0.15) is 11.3 Å². The lowest BCUT2D eigenvalue weighted by Crippen LogP contribution is -2.16. The minimum atomic E-state index is 0.819. The van der Waals surface area contributed by atoms with Crippen LogP contribution in [0.1, 0.15) is 25.2 Å². The lowest BCUT2D eigenvalue weighted by atomic mass is 10.2. The first-order valence-electron chi connectivity index (χ1n) is 6.47. The van der Waals surface area contributed by atoms with Gasteiger partial charge in [0.25, 0.3) is 0 Å². The molecule has 0 fully saturated rings. The number of aryl methyl sites for hydroxylation is 1. The first kappa shape index (κ1) is 14.5. The van der Waals surface area contributed by atoms with Crippen LogP contribution in [0.25, 0.3) is 11.0 Å². The van der Waals surface area contributed by atoms with Crippen LogP contribution in [-0.4, -0.2) is 18.5 Å². The van der Waals surface area contributed by atoms with Gasteiger partial charge in [0, 0.05) is 11.9 Å². The number of benzene rings is 1. The zero-order valence-electron chi connectivity index (χ0n) is 11.9. The number of rotatable bonds is 4. The lowest BCUT2D eigenvalue weighted by Gasteiger charge is -2.11. The van der Waals surface area contributed by atoms with Crippen LogP contribution >= 0.6 is 0 Å². The van der Waals surface area contributed by atoms with E-state index >= 15 is 0 Å². The molecule has 0 aliphatic carbocycles. The molecule has 2 rings (SSSR count). The normalized spacial score (nSPS) is 10.3. The summed E-state index contributed by atoms with van der Waals surface area (Å²) in [6, 6.07) is 8.36. The number of furan rings is 1. The van der Waals surface area contributed by atoms with Gasteiger partial charge in [-0.15, -0.1) is 6.58 Å². The van der Waals surface area contributed by atoms with Crippen molar-refractivity contribution in [2.24, 2.45) is 0 Å². The zero-order valence-corrected chi connectivity index (χ0v) is 11.9. The van der Waals surface area contributed by atoms with Crippen LogP contribution in [0, 0.1) is 6.92 Å². The highest BCUT2D eigenvalue weighted by Crippen LogP contribution is 2.21. The van der Waals surface area contributed by atoms with Gasteiger partial charge in [-0.3, -0.25) is 4.90 Å². The number of fused-ring (bicyclic) bond motifs is 1. The summed E-state index contributed by atoms with van der Waals surface area (Å²) >= 11 is 0. The Hall–Kier alpha value is -1.54. The molecule has 0 saturated heterocycles. The number of hydrogen-bond acceptors (Lipinski definition) is 2. The molecule has 0 saturated carbocycles. The molecule has 2 heteroatoms. The molecule has 0 bridgehead atoms. The summed E-state index contributed by atoms with van der Waals surface area (Å²) in [5, 5.41) is 1.18. The van der Waals surface area contributed by atoms with Crippen molar-refractivity contribution in [3.05, 3.63) is 48.2 Å². The van der Waals surface area contributed by atoms with Crippen LogP contribution in [0.3, 0.4) is 0 Å². The predicted octanol–water partition coefficient (Wildman–Crippen LogP) is 4.39. The molecule has 2 nitrogen and oxygen atoms in total. The quantitative estimate of drug-likeness (QED) is 0.743. The van der Waals surface area contributed by atoms with E-state index in [0.29, 0.717) is 0 Å². The van der Waals surface area contributed by atoms with E-state index in [1.807, 2.05) is 26.0 Å². The topological polar surface area (TPSA) is 16.4 Å². The van der Waals surface area contributed by atoms with Crippen molar-refractivity contribution < 1.29 is 4.42 Å². The molecule has 0 amide bonds. The highest BCUT2D eigenvalue weighted by Gasteiger charge is 2.05. The zero-order chi connectivity index (χ0) is 13.5. The molecule has 98 valence electrons. The summed E-state index contributed by atoms with van der Waals surface area (Å²) in [5.74, 6) is 1.00. The van der Waals surface area contributed by atoms with Gasteiger partial charge >= 0.3 is 0 Å². The summed E-state index contributed by atoms with van der Waals surface area (Å²) in [4.78, 5) is 2.16. The fraction of sp³-hybridized carbons (Fsp3) is 0.375. The average molecular weight is 245 g/mol. The fourth-order valence-electron chi connectivity index (χ4n) is 1.85. The molecular formula is C16H23NO. The van der Waals surface area contributed by atoms with E-state index in [-0.39, 0.29) is 0 Å². The van der Waals surface area contributed by atoms with Crippen LogP contribution in [0.15, 0.2) is 41.3 Å². The summed E-state index contributed by atoms with van der Waals surface area (Å²) < 4.78 is 5.76. The van der Waals surface area contributed by atoms with Crippen molar-refractivity contribution in [2.75, 3.05) is 13.6 Å². The number of nitrogens with zero attached hydrogens (tertiary/aromatic N) is 1. The largest absolute Gasteiger partial charge is 0.460 e. The standard InChI is InChI=1S/C14H17NO.C2H6/c1-4-7-15(3)10-13-9-12-8-11(2)5-6-14(12)16-13;1-2/h4-6,8-9H,1,7,10H2,2-3H3;1-2H3. The van der Waals surface area contributed by atoms with E-state index < -0.39 is 0 Å². The second-order valence-corrected chi connectivity index (χ2v) is 4.24. The Morgan fingerprint density at radius 1 is 1.28 bits per heavy atom. The maximum atomic E-state index is 5.76. The monoisotopic (exact) mass is 245 g/mol. The molecule has 0 atom stereocenters. The summed E-state index contributed by atoms with van der Waals surface area (Å²) in [6.07, 6.45) is 1.90. The van der Waals surface area contributed by atoms with Crippen LogP contribution in [0.4, 0.5) is 0 Å². The van der Waals surface area contributed by atoms with Crippen molar-refractivity contribution in [1.82, 2.24) is 4.90 Å². The SMILES string of the molecule is C=CCN(C)Cc1cc2cc(C)ccc2o1.CC. The van der Waals surface area contributed by atoms with Gasteiger partial charge in [-0.25, -0.2) is 0 Å². The Bertz CT molecular complexity index is 499. The van der Waals surface area contributed by atoms with Gasteiger partial charge in [0.05, 0.1) is 6.54 Å². The van der Waals surface area contributed by atoms with Gasteiger partial charge in [-0.05, 0) is 32.2 Å². The number of hydrogen-bond donors (Lipinski definition) is 0. The van der Waals surface area contributed by atoms with Gasteiger partial charge < -0.3 is 4.42 Å². The molecule has 1 heterocycles. The average Bonchev–Trinajstić information content (AvgIpc) is 2.73. The van der Waals surface area contributed by atoms with Crippen molar-refractivity contribution in [1.29, 1.82) is 0 Å². The molecule has 0 radical (unpaired) electrons. The fourth-order valence-corrected chi connectivity index (χ4v) is 1.85. The Kier molecular flexibility index (Phi) is 5.66. The van der Waals surface area contributed by atoms with E-state index in [1.54, 1.807) is 0 Å². The van der Waals surface area contributed by atoms with Gasteiger partial charge in [0.2, 0.25) is 0 Å². The van der Waals surface area contributed by atoms with E-state index in [4.69, 9.17) is 4.42 Å². The van der Waals surface area contributed by atoms with Crippen molar-refractivity contribution >= 4 is 11.0 Å². The molecule has 0 unspecified atom stereocenters. The molecule has 18 heavy (non-hydrogen) atoms. The van der Waals surface area contributed by atoms with Gasteiger partial charge in [0.15, 0.2) is 0 Å². The van der Waals surface area contributed by atoms with Gasteiger partial charge in [-0.2, -0.15) is 0 Å². The maximum absolute atomic E-state index is 5.76.